The summed E-state index contributed by atoms with van der Waals surface area (Å²) >= 11 is 1.43. The Balaban J connectivity index is 1.44. The zero-order valence-corrected chi connectivity index (χ0v) is 19.8. The molecule has 1 saturated heterocycles. The third kappa shape index (κ3) is 4.28. The highest BCUT2D eigenvalue weighted by atomic mass is 32.1. The second-order valence-electron chi connectivity index (χ2n) is 8.68. The van der Waals surface area contributed by atoms with Gasteiger partial charge in [-0.25, -0.2) is 4.79 Å². The van der Waals surface area contributed by atoms with Crippen molar-refractivity contribution < 1.29 is 19.2 Å². The second kappa shape index (κ2) is 8.95. The molecule has 1 fully saturated rings. The minimum atomic E-state index is -1.23. The quantitative estimate of drug-likeness (QED) is 0.407. The predicted octanol–water partition coefficient (Wildman–Crippen LogP) is 3.58. The average molecular weight is 490 g/mol. The summed E-state index contributed by atoms with van der Waals surface area (Å²) in [6.45, 7) is 1.61. The molecule has 2 aromatic heterocycles. The normalized spacial score (nSPS) is 18.9. The van der Waals surface area contributed by atoms with E-state index in [1.54, 1.807) is 49.5 Å². The summed E-state index contributed by atoms with van der Waals surface area (Å²) in [5.74, 6) is -1.13. The number of benzene rings is 1. The van der Waals surface area contributed by atoms with Gasteiger partial charge in [-0.15, -0.1) is 11.3 Å². The number of hydrogen-bond acceptors (Lipinski definition) is 6. The molecule has 0 radical (unpaired) electrons. The number of carbonyl (C=O) groups is 4. The first-order chi connectivity index (χ1) is 16.8. The molecule has 3 heterocycles. The predicted molar refractivity (Wildman–Crippen MR) is 132 cm³/mol. The van der Waals surface area contributed by atoms with Crippen LogP contribution in [0.25, 0.3) is 0 Å². The number of hydrogen-bond donors (Lipinski definition) is 4. The SMILES string of the molecule is CC1(c2cccc(NC(=O)c3c(NC(=O)c4cccnc4)sc4c3CCCC4)c2)NC(=O)NC1=O. The van der Waals surface area contributed by atoms with Gasteiger partial charge in [0.1, 0.15) is 10.5 Å². The number of nitrogens with one attached hydrogen (secondary N) is 4. The smallest absolute Gasteiger partial charge is 0.322 e. The van der Waals surface area contributed by atoms with E-state index < -0.39 is 17.5 Å². The third-order valence-corrected chi connectivity index (χ3v) is 7.50. The lowest BCUT2D eigenvalue weighted by atomic mass is 9.92. The van der Waals surface area contributed by atoms with Gasteiger partial charge in [-0.05, 0) is 68.0 Å². The van der Waals surface area contributed by atoms with Gasteiger partial charge in [-0.3, -0.25) is 24.7 Å². The zero-order valence-electron chi connectivity index (χ0n) is 18.9. The number of nitrogens with zero attached hydrogens (tertiary/aromatic N) is 1. The van der Waals surface area contributed by atoms with Gasteiger partial charge < -0.3 is 16.0 Å². The van der Waals surface area contributed by atoms with Crippen LogP contribution in [-0.4, -0.2) is 28.7 Å². The van der Waals surface area contributed by atoms with E-state index in [0.717, 1.165) is 36.1 Å². The van der Waals surface area contributed by atoms with Gasteiger partial charge in [-0.2, -0.15) is 0 Å². The molecule has 0 bridgehead atoms. The number of urea groups is 1. The summed E-state index contributed by atoms with van der Waals surface area (Å²) in [5.41, 5.74) is 1.61. The topological polar surface area (TPSA) is 129 Å². The fourth-order valence-electron chi connectivity index (χ4n) is 4.41. The lowest BCUT2D eigenvalue weighted by Crippen LogP contribution is -2.40. The number of anilines is 2. The average Bonchev–Trinajstić information content (AvgIpc) is 3.35. The van der Waals surface area contributed by atoms with E-state index in [1.807, 2.05) is 0 Å². The number of fused-ring (bicyclic) bond motifs is 1. The van der Waals surface area contributed by atoms with Gasteiger partial charge in [0, 0.05) is 23.0 Å². The molecule has 1 aliphatic heterocycles. The lowest BCUT2D eigenvalue weighted by Gasteiger charge is -2.22. The van der Waals surface area contributed by atoms with E-state index in [2.05, 4.69) is 26.3 Å². The molecule has 178 valence electrons. The Hall–Kier alpha value is -4.05. The highest BCUT2D eigenvalue weighted by molar-refractivity contribution is 7.17. The van der Waals surface area contributed by atoms with E-state index >= 15 is 0 Å². The molecule has 1 aliphatic carbocycles. The van der Waals surface area contributed by atoms with Gasteiger partial charge in [0.15, 0.2) is 0 Å². The maximum absolute atomic E-state index is 13.5. The number of amides is 5. The summed E-state index contributed by atoms with van der Waals surface area (Å²) in [4.78, 5) is 55.4. The Bertz CT molecular complexity index is 1350. The highest BCUT2D eigenvalue weighted by Crippen LogP contribution is 2.39. The number of pyridine rings is 1. The van der Waals surface area contributed by atoms with Crippen molar-refractivity contribution in [2.45, 2.75) is 38.1 Å². The van der Waals surface area contributed by atoms with Crippen LogP contribution in [0.1, 0.15) is 56.5 Å². The first-order valence-corrected chi connectivity index (χ1v) is 12.1. The van der Waals surface area contributed by atoms with Crippen molar-refractivity contribution in [3.63, 3.8) is 0 Å². The molecule has 1 aromatic carbocycles. The Morgan fingerprint density at radius 3 is 2.63 bits per heavy atom. The van der Waals surface area contributed by atoms with Crippen molar-refractivity contribution in [1.29, 1.82) is 0 Å². The van der Waals surface area contributed by atoms with Gasteiger partial charge in [-0.1, -0.05) is 12.1 Å². The van der Waals surface area contributed by atoms with Crippen LogP contribution in [0.3, 0.4) is 0 Å². The van der Waals surface area contributed by atoms with E-state index in [9.17, 15) is 19.2 Å². The molecule has 5 amide bonds. The second-order valence-corrected chi connectivity index (χ2v) is 9.78. The molecule has 10 heteroatoms. The van der Waals surface area contributed by atoms with Crippen LogP contribution >= 0.6 is 11.3 Å². The third-order valence-electron chi connectivity index (χ3n) is 6.29. The standard InChI is InChI=1S/C25H23N5O4S/c1-25(23(33)29-24(34)30-25)15-7-4-8-16(12-15)27-21(32)19-17-9-2-3-10-18(17)35-22(19)28-20(31)14-6-5-11-26-13-14/h4-8,11-13H,2-3,9-10H2,1H3,(H,27,32)(H,28,31)(H2,29,30,33,34). The molecule has 2 aliphatic rings. The van der Waals surface area contributed by atoms with Crippen LogP contribution in [0, 0.1) is 0 Å². The highest BCUT2D eigenvalue weighted by Gasteiger charge is 2.43. The Kier molecular flexibility index (Phi) is 5.81. The summed E-state index contributed by atoms with van der Waals surface area (Å²) in [7, 11) is 0. The first kappa shape index (κ1) is 22.7. The van der Waals surface area contributed by atoms with Gasteiger partial charge in [0.2, 0.25) is 0 Å². The van der Waals surface area contributed by atoms with Crippen LogP contribution < -0.4 is 21.3 Å². The summed E-state index contributed by atoms with van der Waals surface area (Å²) in [6, 6.07) is 9.59. The Morgan fingerprint density at radius 1 is 1.06 bits per heavy atom. The molecule has 5 rings (SSSR count). The zero-order chi connectivity index (χ0) is 24.6. The van der Waals surface area contributed by atoms with Gasteiger partial charge in [0.25, 0.3) is 17.7 Å². The summed E-state index contributed by atoms with van der Waals surface area (Å²) < 4.78 is 0. The molecule has 0 saturated carbocycles. The van der Waals surface area contributed by atoms with Crippen LogP contribution in [0.2, 0.25) is 0 Å². The number of carbonyl (C=O) groups excluding carboxylic acids is 4. The van der Waals surface area contributed by atoms with E-state index in [0.29, 0.717) is 27.4 Å². The number of rotatable bonds is 5. The van der Waals surface area contributed by atoms with Crippen LogP contribution in [0.15, 0.2) is 48.8 Å². The monoisotopic (exact) mass is 489 g/mol. The molecule has 1 atom stereocenters. The van der Waals surface area contributed by atoms with E-state index in [-0.39, 0.29) is 11.8 Å². The van der Waals surface area contributed by atoms with Crippen molar-refractivity contribution in [3.05, 3.63) is 75.9 Å². The van der Waals surface area contributed by atoms with Crippen LogP contribution in [0.5, 0.6) is 0 Å². The molecular weight excluding hydrogens is 466 g/mol. The molecule has 1 unspecified atom stereocenters. The van der Waals surface area contributed by atoms with Gasteiger partial charge in [0.05, 0.1) is 11.1 Å². The van der Waals surface area contributed by atoms with Crippen LogP contribution in [0.4, 0.5) is 15.5 Å². The number of aryl methyl sites for hydroxylation is 1. The van der Waals surface area contributed by atoms with E-state index in [1.165, 1.54) is 17.5 Å². The van der Waals surface area contributed by atoms with Crippen molar-refractivity contribution in [3.8, 4) is 0 Å². The molecule has 9 nitrogen and oxygen atoms in total. The minimum absolute atomic E-state index is 0.330. The maximum atomic E-state index is 13.5. The molecule has 3 aromatic rings. The van der Waals surface area contributed by atoms with Gasteiger partial charge >= 0.3 is 6.03 Å². The number of thiophene rings is 1. The van der Waals surface area contributed by atoms with Crippen LogP contribution in [-0.2, 0) is 23.2 Å². The lowest BCUT2D eigenvalue weighted by molar-refractivity contribution is -0.123. The molecule has 4 N–H and O–H groups in total. The fraction of sp³-hybridized carbons (Fsp3) is 0.240. The van der Waals surface area contributed by atoms with Crippen molar-refractivity contribution in [1.82, 2.24) is 15.6 Å². The van der Waals surface area contributed by atoms with Crippen molar-refractivity contribution in [2.24, 2.45) is 0 Å². The molecular formula is C25H23N5O4S. The van der Waals surface area contributed by atoms with Crippen molar-refractivity contribution in [2.75, 3.05) is 10.6 Å². The molecule has 35 heavy (non-hydrogen) atoms. The van der Waals surface area contributed by atoms with Crippen molar-refractivity contribution >= 4 is 45.8 Å². The summed E-state index contributed by atoms with van der Waals surface area (Å²) in [6.07, 6.45) is 6.72. The molecule has 0 spiro atoms. The minimum Gasteiger partial charge on any atom is -0.322 e. The number of imide groups is 1. The largest absolute Gasteiger partial charge is 0.322 e. The van der Waals surface area contributed by atoms with E-state index in [4.69, 9.17) is 0 Å². The maximum Gasteiger partial charge on any atom is 0.322 e. The Labute approximate surface area is 205 Å². The fourth-order valence-corrected chi connectivity index (χ4v) is 5.70. The number of aromatic nitrogens is 1. The summed E-state index contributed by atoms with van der Waals surface area (Å²) in [5, 5.41) is 11.2. The Morgan fingerprint density at radius 2 is 1.89 bits per heavy atom. The first-order valence-electron chi connectivity index (χ1n) is 11.3.